The fraction of sp³-hybridized carbons (Fsp3) is 0.904. The van der Waals surface area contributed by atoms with E-state index in [0.29, 0.717) is 25.7 Å². The Hall–Kier alpha value is -2.46. The highest BCUT2D eigenvalue weighted by Gasteiger charge is 2.30. The molecule has 0 heterocycles. The number of ether oxygens (including phenoxy) is 4. The normalized spacial score (nSPS) is 14.3. The number of hydrogen-bond acceptors (Lipinski definition) is 15. The number of aliphatic hydroxyl groups excluding tert-OH is 1. The zero-order valence-corrected chi connectivity index (χ0v) is 68.2. The second kappa shape index (κ2) is 74.0. The summed E-state index contributed by atoms with van der Waals surface area (Å²) in [5, 5.41) is 10.7. The maximum atomic E-state index is 13.1. The van der Waals surface area contributed by atoms with Gasteiger partial charge in [0, 0.05) is 25.7 Å². The topological polar surface area (TPSA) is 237 Å². The number of unbranched alkanes of at least 4 members (excludes halogenated alkanes) is 46. The first-order valence-corrected chi connectivity index (χ1v) is 45.3. The monoisotopic (exact) mass is 1490 g/mol. The Morgan fingerprint density at radius 2 is 0.578 bits per heavy atom. The van der Waals surface area contributed by atoms with E-state index in [-0.39, 0.29) is 25.7 Å². The number of allylic oxidation sites excluding steroid dienone is 4. The Balaban J connectivity index is 5.31. The Kier molecular flexibility index (Phi) is 72.2. The highest BCUT2D eigenvalue weighted by molar-refractivity contribution is 7.47. The molecule has 6 atom stereocenters. The van der Waals surface area contributed by atoms with Crippen LogP contribution in [0.4, 0.5) is 0 Å². The van der Waals surface area contributed by atoms with E-state index in [1.54, 1.807) is 0 Å². The van der Waals surface area contributed by atoms with Crippen molar-refractivity contribution in [1.29, 1.82) is 0 Å². The zero-order chi connectivity index (χ0) is 74.9. The van der Waals surface area contributed by atoms with Crippen LogP contribution in [-0.2, 0) is 65.4 Å². The van der Waals surface area contributed by atoms with E-state index in [4.69, 9.17) is 37.0 Å². The number of phosphoric ester groups is 2. The third-order valence-corrected chi connectivity index (χ3v) is 21.1. The van der Waals surface area contributed by atoms with Gasteiger partial charge in [-0.3, -0.25) is 37.3 Å². The minimum Gasteiger partial charge on any atom is -0.462 e. The molecule has 602 valence electrons. The van der Waals surface area contributed by atoms with Gasteiger partial charge in [-0.2, -0.15) is 0 Å². The molecule has 0 aliphatic carbocycles. The van der Waals surface area contributed by atoms with Crippen LogP contribution < -0.4 is 0 Å². The van der Waals surface area contributed by atoms with Gasteiger partial charge in [-0.25, -0.2) is 9.13 Å². The first-order valence-electron chi connectivity index (χ1n) is 42.3. The van der Waals surface area contributed by atoms with Crippen molar-refractivity contribution in [2.75, 3.05) is 39.6 Å². The first-order chi connectivity index (χ1) is 49.4. The molecule has 0 saturated carbocycles. The number of rotatable bonds is 80. The lowest BCUT2D eigenvalue weighted by Gasteiger charge is -2.21. The summed E-state index contributed by atoms with van der Waals surface area (Å²) in [5.74, 6) is -0.500. The van der Waals surface area contributed by atoms with Gasteiger partial charge in [0.25, 0.3) is 0 Å². The molecule has 102 heavy (non-hydrogen) atoms. The van der Waals surface area contributed by atoms with Crippen molar-refractivity contribution in [3.8, 4) is 0 Å². The van der Waals surface area contributed by atoms with Crippen LogP contribution in [0.1, 0.15) is 414 Å². The van der Waals surface area contributed by atoms with Gasteiger partial charge in [-0.05, 0) is 63.2 Å². The largest absolute Gasteiger partial charge is 0.472 e. The van der Waals surface area contributed by atoms with E-state index < -0.39 is 97.5 Å². The maximum Gasteiger partial charge on any atom is 0.472 e. The molecule has 0 aliphatic rings. The van der Waals surface area contributed by atoms with Gasteiger partial charge < -0.3 is 33.8 Å². The van der Waals surface area contributed by atoms with Crippen LogP contribution in [0.5, 0.6) is 0 Å². The maximum absolute atomic E-state index is 13.1. The molecule has 19 heteroatoms. The molecule has 0 fully saturated rings. The standard InChI is InChI=1S/C83H158O17P2/c1-7-10-12-14-16-18-20-22-23-30-37-43-49-55-61-67-82(87)99-78(71-93-80(85)65-59-53-47-41-35-27-21-19-17-15-13-11-8-2)73-97-101(89,90)95-69-77(84)70-96-102(91,92)98-74-79(72-94-81(86)66-60-54-48-42-36-32-26-28-33-39-45-51-57-63-75(4)5)100-83(88)68-62-56-50-44-38-31-25-24-29-34-40-46-52-58-64-76(6)9-3/h18,20,22-23,75-79,84H,7-17,19,21,24-74H2,1-6H3,(H,89,90)(H,91,92)/b20-18-,23-22-/t76?,77-,78+,79+/m0/s1. The van der Waals surface area contributed by atoms with E-state index in [1.807, 2.05) is 0 Å². The molecule has 0 spiro atoms. The average Bonchev–Trinajstić information content (AvgIpc) is 0.925. The van der Waals surface area contributed by atoms with Crippen molar-refractivity contribution in [3.63, 3.8) is 0 Å². The quantitative estimate of drug-likeness (QED) is 0.0169. The van der Waals surface area contributed by atoms with Crippen molar-refractivity contribution in [3.05, 3.63) is 24.3 Å². The van der Waals surface area contributed by atoms with Crippen molar-refractivity contribution < 1.29 is 80.2 Å². The smallest absolute Gasteiger partial charge is 0.462 e. The van der Waals surface area contributed by atoms with Gasteiger partial charge in [0.1, 0.15) is 19.3 Å². The van der Waals surface area contributed by atoms with Crippen molar-refractivity contribution in [1.82, 2.24) is 0 Å². The van der Waals surface area contributed by atoms with Crippen molar-refractivity contribution in [2.45, 2.75) is 432 Å². The summed E-state index contributed by atoms with van der Waals surface area (Å²) in [6, 6.07) is 0. The summed E-state index contributed by atoms with van der Waals surface area (Å²) < 4.78 is 68.8. The molecule has 0 aliphatic heterocycles. The second-order valence-electron chi connectivity index (χ2n) is 29.9. The van der Waals surface area contributed by atoms with Crippen LogP contribution in [0, 0.1) is 11.8 Å². The summed E-state index contributed by atoms with van der Waals surface area (Å²) in [4.78, 5) is 73.1. The fourth-order valence-electron chi connectivity index (χ4n) is 12.3. The van der Waals surface area contributed by atoms with Crippen LogP contribution in [0.3, 0.4) is 0 Å². The third kappa shape index (κ3) is 74.4. The van der Waals surface area contributed by atoms with E-state index in [9.17, 15) is 43.2 Å². The van der Waals surface area contributed by atoms with E-state index in [0.717, 1.165) is 115 Å². The predicted octanol–water partition coefficient (Wildman–Crippen LogP) is 24.6. The Labute approximate surface area is 624 Å². The molecule has 0 bridgehead atoms. The first kappa shape index (κ1) is 99.5. The minimum atomic E-state index is -4.97. The minimum absolute atomic E-state index is 0.0856. The summed E-state index contributed by atoms with van der Waals surface area (Å²) in [5.41, 5.74) is 0. The zero-order valence-electron chi connectivity index (χ0n) is 66.4. The molecule has 0 radical (unpaired) electrons. The number of aliphatic hydroxyl groups is 1. The molecule has 0 aromatic carbocycles. The van der Waals surface area contributed by atoms with Crippen LogP contribution in [-0.4, -0.2) is 96.7 Å². The van der Waals surface area contributed by atoms with E-state index in [2.05, 4.69) is 65.8 Å². The molecule has 0 saturated heterocycles. The molecule has 0 amide bonds. The number of phosphoric acid groups is 2. The second-order valence-corrected chi connectivity index (χ2v) is 32.8. The van der Waals surface area contributed by atoms with Gasteiger partial charge in [-0.15, -0.1) is 0 Å². The van der Waals surface area contributed by atoms with Crippen LogP contribution in [0.2, 0.25) is 0 Å². The summed E-state index contributed by atoms with van der Waals surface area (Å²) in [7, 11) is -9.94. The van der Waals surface area contributed by atoms with Gasteiger partial charge in [0.05, 0.1) is 26.4 Å². The lowest BCUT2D eigenvalue weighted by atomic mass is 9.99. The molecular weight excluding hydrogens is 1330 g/mol. The highest BCUT2D eigenvalue weighted by Crippen LogP contribution is 2.45. The molecular formula is C83H158O17P2. The van der Waals surface area contributed by atoms with E-state index >= 15 is 0 Å². The summed E-state index contributed by atoms with van der Waals surface area (Å²) in [6.07, 6.45) is 67.2. The van der Waals surface area contributed by atoms with Crippen LogP contribution in [0.15, 0.2) is 24.3 Å². The summed E-state index contributed by atoms with van der Waals surface area (Å²) >= 11 is 0. The molecule has 0 aromatic rings. The van der Waals surface area contributed by atoms with Gasteiger partial charge >= 0.3 is 39.5 Å². The number of hydrogen-bond donors (Lipinski definition) is 3. The number of carbonyl (C=O) groups excluding carboxylic acids is 4. The molecule has 3 N–H and O–H groups in total. The molecule has 17 nitrogen and oxygen atoms in total. The Bertz CT molecular complexity index is 2060. The number of carbonyl (C=O) groups is 4. The Morgan fingerprint density at radius 3 is 0.882 bits per heavy atom. The van der Waals surface area contributed by atoms with E-state index in [1.165, 1.54) is 218 Å². The van der Waals surface area contributed by atoms with Crippen molar-refractivity contribution in [2.24, 2.45) is 11.8 Å². The lowest BCUT2D eigenvalue weighted by molar-refractivity contribution is -0.161. The fourth-order valence-corrected chi connectivity index (χ4v) is 13.9. The summed E-state index contributed by atoms with van der Waals surface area (Å²) in [6.45, 7) is 9.66. The van der Waals surface area contributed by atoms with Crippen LogP contribution >= 0.6 is 15.6 Å². The van der Waals surface area contributed by atoms with Crippen LogP contribution in [0.25, 0.3) is 0 Å². The van der Waals surface area contributed by atoms with Gasteiger partial charge in [-0.1, -0.05) is 361 Å². The number of esters is 4. The highest BCUT2D eigenvalue weighted by atomic mass is 31.2. The van der Waals surface area contributed by atoms with Crippen molar-refractivity contribution >= 4 is 39.5 Å². The van der Waals surface area contributed by atoms with Gasteiger partial charge in [0.15, 0.2) is 12.2 Å². The molecule has 0 aromatic heterocycles. The lowest BCUT2D eigenvalue weighted by Crippen LogP contribution is -2.30. The van der Waals surface area contributed by atoms with Gasteiger partial charge in [0.2, 0.25) is 0 Å². The SMILES string of the molecule is CCCCCC/C=C\C=C/CCCCCCCC(=O)O[C@H](COC(=O)CCCCCCCCCCCCCCC)COP(=O)(O)OC[C@H](O)COP(=O)(O)OC[C@@H](COC(=O)CCCCCCCCCCCCCCCC(C)C)OC(=O)CCCCCCCCCCCCCCCCC(C)CC. The third-order valence-electron chi connectivity index (χ3n) is 19.2. The average molecular weight is 1490 g/mol. The molecule has 0 rings (SSSR count). The predicted molar refractivity (Wildman–Crippen MR) is 418 cm³/mol. The Morgan fingerprint density at radius 1 is 0.324 bits per heavy atom. The molecule has 3 unspecified atom stereocenters.